The number of benzene rings is 1. The van der Waals surface area contributed by atoms with Crippen LogP contribution < -0.4 is 0 Å². The molecule has 6 nitrogen and oxygen atoms in total. The topological polar surface area (TPSA) is 80.7 Å². The van der Waals surface area contributed by atoms with Crippen molar-refractivity contribution >= 4 is 0 Å². The Morgan fingerprint density at radius 2 is 1.86 bits per heavy atom. The van der Waals surface area contributed by atoms with E-state index in [-0.39, 0.29) is 18.1 Å². The van der Waals surface area contributed by atoms with E-state index < -0.39 is 29.5 Å². The monoisotopic (exact) mass is 392 g/mol. The average molecular weight is 392 g/mol. The molecule has 0 aliphatic carbocycles. The fourth-order valence-electron chi connectivity index (χ4n) is 4.48. The van der Waals surface area contributed by atoms with Crippen LogP contribution in [0, 0.1) is 11.3 Å². The van der Waals surface area contributed by atoms with Gasteiger partial charge in [0, 0.05) is 24.4 Å². The van der Waals surface area contributed by atoms with Gasteiger partial charge in [-0.05, 0) is 12.0 Å². The van der Waals surface area contributed by atoms with Gasteiger partial charge in [0.1, 0.15) is 12.2 Å². The van der Waals surface area contributed by atoms with Crippen molar-refractivity contribution < 1.29 is 29.2 Å². The molecular weight excluding hydrogens is 360 g/mol. The molecule has 7 atom stereocenters. The van der Waals surface area contributed by atoms with Gasteiger partial charge in [-0.2, -0.15) is 0 Å². The standard InChI is InChI=1S/C22H32O6/c1-14-16(23)11-22(21(2,3)20(24)19(28-22)18-13-26-18)27-17(14)9-10-25-12-15-7-5-4-6-8-15/h4-8,14,16-20,23-24H,9-13H2,1-3H3/t14-,16+,17-,18-,19+,20-,22+/m1/s1. The van der Waals surface area contributed by atoms with Crippen molar-refractivity contribution in [2.75, 3.05) is 13.2 Å². The molecule has 0 radical (unpaired) electrons. The van der Waals surface area contributed by atoms with E-state index in [4.69, 9.17) is 18.9 Å². The van der Waals surface area contributed by atoms with E-state index in [1.807, 2.05) is 51.1 Å². The Bertz CT molecular complexity index is 660. The maximum Gasteiger partial charge on any atom is 0.179 e. The molecule has 0 amide bonds. The zero-order valence-electron chi connectivity index (χ0n) is 16.9. The quantitative estimate of drug-likeness (QED) is 0.571. The number of aliphatic hydroxyl groups excluding tert-OH is 2. The SMILES string of the molecule is C[C@@H]1[C@@H](O)C[C@@]2(O[C@@H]([C@H]3CO3)[C@@H](O)C2(C)C)O[C@@H]1CCOCc1ccccc1. The molecule has 1 aromatic rings. The highest BCUT2D eigenvalue weighted by Crippen LogP contribution is 2.55. The number of hydrogen-bond acceptors (Lipinski definition) is 6. The molecular formula is C22H32O6. The van der Waals surface area contributed by atoms with Gasteiger partial charge in [-0.15, -0.1) is 0 Å². The molecule has 0 unspecified atom stereocenters. The van der Waals surface area contributed by atoms with Crippen LogP contribution in [-0.2, 0) is 25.6 Å². The minimum absolute atomic E-state index is 0.0290. The molecule has 3 heterocycles. The summed E-state index contributed by atoms with van der Waals surface area (Å²) in [7, 11) is 0. The Morgan fingerprint density at radius 3 is 2.54 bits per heavy atom. The fraction of sp³-hybridized carbons (Fsp3) is 0.727. The summed E-state index contributed by atoms with van der Waals surface area (Å²) in [5.41, 5.74) is 0.487. The van der Waals surface area contributed by atoms with E-state index in [2.05, 4.69) is 0 Å². The van der Waals surface area contributed by atoms with Gasteiger partial charge in [-0.25, -0.2) is 0 Å². The van der Waals surface area contributed by atoms with Gasteiger partial charge >= 0.3 is 0 Å². The molecule has 1 aromatic carbocycles. The highest BCUT2D eigenvalue weighted by molar-refractivity contribution is 5.13. The first-order valence-electron chi connectivity index (χ1n) is 10.3. The Morgan fingerprint density at radius 1 is 1.14 bits per heavy atom. The molecule has 3 fully saturated rings. The Kier molecular flexibility index (Phi) is 5.55. The lowest BCUT2D eigenvalue weighted by molar-refractivity contribution is -0.333. The van der Waals surface area contributed by atoms with Crippen molar-refractivity contribution in [1.82, 2.24) is 0 Å². The summed E-state index contributed by atoms with van der Waals surface area (Å²) < 4.78 is 23.9. The molecule has 3 aliphatic rings. The molecule has 28 heavy (non-hydrogen) atoms. The fourth-order valence-corrected chi connectivity index (χ4v) is 4.48. The van der Waals surface area contributed by atoms with Gasteiger partial charge in [-0.3, -0.25) is 0 Å². The minimum Gasteiger partial charge on any atom is -0.393 e. The van der Waals surface area contributed by atoms with Crippen molar-refractivity contribution in [3.05, 3.63) is 35.9 Å². The zero-order chi connectivity index (χ0) is 19.9. The summed E-state index contributed by atoms with van der Waals surface area (Å²) in [4.78, 5) is 0. The van der Waals surface area contributed by atoms with Crippen LogP contribution in [0.5, 0.6) is 0 Å². The molecule has 0 aromatic heterocycles. The highest BCUT2D eigenvalue weighted by Gasteiger charge is 2.67. The minimum atomic E-state index is -1.01. The summed E-state index contributed by atoms with van der Waals surface area (Å²) in [6.45, 7) is 7.59. The second-order valence-electron chi connectivity index (χ2n) is 8.99. The van der Waals surface area contributed by atoms with E-state index in [1.54, 1.807) is 0 Å². The van der Waals surface area contributed by atoms with Gasteiger partial charge in [0.25, 0.3) is 0 Å². The van der Waals surface area contributed by atoms with Crippen molar-refractivity contribution in [2.24, 2.45) is 11.3 Å². The van der Waals surface area contributed by atoms with E-state index in [0.29, 0.717) is 32.7 Å². The van der Waals surface area contributed by atoms with Crippen LogP contribution in [0.3, 0.4) is 0 Å². The normalized spacial score (nSPS) is 42.0. The lowest BCUT2D eigenvalue weighted by Gasteiger charge is -2.49. The zero-order valence-corrected chi connectivity index (χ0v) is 16.9. The van der Waals surface area contributed by atoms with E-state index >= 15 is 0 Å². The third-order valence-corrected chi connectivity index (χ3v) is 6.76. The van der Waals surface area contributed by atoms with Gasteiger partial charge < -0.3 is 29.2 Å². The maximum atomic E-state index is 10.8. The van der Waals surface area contributed by atoms with E-state index in [0.717, 1.165) is 5.56 Å². The molecule has 3 aliphatic heterocycles. The van der Waals surface area contributed by atoms with Crippen LogP contribution in [0.2, 0.25) is 0 Å². The number of hydrogen-bond donors (Lipinski definition) is 2. The maximum absolute atomic E-state index is 10.8. The largest absolute Gasteiger partial charge is 0.393 e. The van der Waals surface area contributed by atoms with Crippen LogP contribution in [0.1, 0.15) is 39.2 Å². The van der Waals surface area contributed by atoms with Crippen molar-refractivity contribution in [3.8, 4) is 0 Å². The Balaban J connectivity index is 1.40. The van der Waals surface area contributed by atoms with Gasteiger partial charge in [0.2, 0.25) is 0 Å². The van der Waals surface area contributed by atoms with Crippen molar-refractivity contribution in [3.63, 3.8) is 0 Å². The Hall–Kier alpha value is -1.02. The molecule has 1 spiro atoms. The van der Waals surface area contributed by atoms with Gasteiger partial charge in [0.15, 0.2) is 5.79 Å². The molecule has 156 valence electrons. The third-order valence-electron chi connectivity index (χ3n) is 6.76. The summed E-state index contributed by atoms with van der Waals surface area (Å²) in [5.74, 6) is -1.04. The average Bonchev–Trinajstić information content (AvgIpc) is 3.49. The molecule has 0 saturated carbocycles. The third kappa shape index (κ3) is 3.62. The highest BCUT2D eigenvalue weighted by atomic mass is 16.7. The predicted octanol–water partition coefficient (Wildman–Crippen LogP) is 2.26. The number of epoxide rings is 1. The van der Waals surface area contributed by atoms with Gasteiger partial charge in [-0.1, -0.05) is 51.1 Å². The van der Waals surface area contributed by atoms with Crippen LogP contribution in [-0.4, -0.2) is 59.7 Å². The molecule has 3 saturated heterocycles. The van der Waals surface area contributed by atoms with Crippen LogP contribution >= 0.6 is 0 Å². The van der Waals surface area contributed by atoms with Crippen LogP contribution in [0.25, 0.3) is 0 Å². The van der Waals surface area contributed by atoms with Gasteiger partial charge in [0.05, 0.1) is 31.5 Å². The first-order chi connectivity index (χ1) is 13.3. The molecule has 2 N–H and O–H groups in total. The summed E-state index contributed by atoms with van der Waals surface area (Å²) in [6, 6.07) is 10.1. The van der Waals surface area contributed by atoms with Crippen molar-refractivity contribution in [1.29, 1.82) is 0 Å². The number of rotatable bonds is 6. The second kappa shape index (κ2) is 7.67. The first kappa shape index (κ1) is 20.3. The summed E-state index contributed by atoms with van der Waals surface area (Å²) in [5, 5.41) is 21.6. The first-order valence-corrected chi connectivity index (χ1v) is 10.3. The van der Waals surface area contributed by atoms with Crippen LogP contribution in [0.15, 0.2) is 30.3 Å². The lowest BCUT2D eigenvalue weighted by atomic mass is 9.73. The number of aliphatic hydroxyl groups is 2. The molecule has 0 bridgehead atoms. The summed E-state index contributed by atoms with van der Waals surface area (Å²) >= 11 is 0. The van der Waals surface area contributed by atoms with Crippen LogP contribution in [0.4, 0.5) is 0 Å². The predicted molar refractivity (Wildman–Crippen MR) is 103 cm³/mol. The van der Waals surface area contributed by atoms with E-state index in [9.17, 15) is 10.2 Å². The lowest BCUT2D eigenvalue weighted by Crippen LogP contribution is -2.58. The summed E-state index contributed by atoms with van der Waals surface area (Å²) in [6.07, 6.45) is -0.943. The molecule has 6 heteroatoms. The number of ether oxygens (including phenoxy) is 4. The second-order valence-corrected chi connectivity index (χ2v) is 8.99. The Labute approximate surface area is 166 Å². The smallest absolute Gasteiger partial charge is 0.179 e. The van der Waals surface area contributed by atoms with E-state index in [1.165, 1.54) is 0 Å². The molecule has 4 rings (SSSR count). The van der Waals surface area contributed by atoms with Crippen molar-refractivity contribution in [2.45, 2.75) is 76.5 Å².